The Balaban J connectivity index is 2.14. The van der Waals surface area contributed by atoms with Crippen LogP contribution >= 0.6 is 0 Å². The molecular formula is C12H23NO3. The molecular weight excluding hydrogens is 206 g/mol. The number of ether oxygens (including phenoxy) is 1. The van der Waals surface area contributed by atoms with Gasteiger partial charge in [0.1, 0.15) is 0 Å². The molecule has 0 bridgehead atoms. The molecule has 0 aromatic rings. The largest absolute Gasteiger partial charge is 0.481 e. The van der Waals surface area contributed by atoms with Crippen LogP contribution in [-0.2, 0) is 9.53 Å². The molecule has 1 heterocycles. The molecule has 0 aromatic heterocycles. The normalized spacial score (nSPS) is 25.9. The third-order valence-corrected chi connectivity index (χ3v) is 3.06. The first-order chi connectivity index (χ1) is 7.59. The highest BCUT2D eigenvalue weighted by Crippen LogP contribution is 2.20. The van der Waals surface area contributed by atoms with Crippen molar-refractivity contribution in [2.45, 2.75) is 51.7 Å². The highest BCUT2D eigenvalue weighted by atomic mass is 16.5. The lowest BCUT2D eigenvalue weighted by atomic mass is 9.95. The SMILES string of the molecule is CC(C)C1CC(NCCCC(=O)O)CCO1. The summed E-state index contributed by atoms with van der Waals surface area (Å²) in [6.07, 6.45) is 3.40. The Morgan fingerprint density at radius 2 is 2.31 bits per heavy atom. The van der Waals surface area contributed by atoms with Gasteiger partial charge in [-0.15, -0.1) is 0 Å². The van der Waals surface area contributed by atoms with Crippen molar-refractivity contribution in [1.82, 2.24) is 5.32 Å². The number of aliphatic carboxylic acids is 1. The van der Waals surface area contributed by atoms with Gasteiger partial charge in [0.2, 0.25) is 0 Å². The number of nitrogens with one attached hydrogen (secondary N) is 1. The Bertz CT molecular complexity index is 218. The number of hydrogen-bond acceptors (Lipinski definition) is 3. The monoisotopic (exact) mass is 229 g/mol. The maximum absolute atomic E-state index is 10.3. The van der Waals surface area contributed by atoms with Gasteiger partial charge in [-0.05, 0) is 31.7 Å². The molecule has 2 N–H and O–H groups in total. The van der Waals surface area contributed by atoms with Gasteiger partial charge in [-0.1, -0.05) is 13.8 Å². The van der Waals surface area contributed by atoms with Gasteiger partial charge in [-0.2, -0.15) is 0 Å². The number of carbonyl (C=O) groups is 1. The Hall–Kier alpha value is -0.610. The van der Waals surface area contributed by atoms with Gasteiger partial charge in [0.15, 0.2) is 0 Å². The van der Waals surface area contributed by atoms with E-state index in [0.29, 0.717) is 24.5 Å². The first-order valence-electron chi connectivity index (χ1n) is 6.16. The van der Waals surface area contributed by atoms with E-state index in [9.17, 15) is 4.79 Å². The van der Waals surface area contributed by atoms with E-state index in [1.54, 1.807) is 0 Å². The number of rotatable bonds is 6. The molecule has 1 fully saturated rings. The standard InChI is InChI=1S/C12H23NO3/c1-9(2)11-8-10(5-7-16-11)13-6-3-4-12(14)15/h9-11,13H,3-8H2,1-2H3,(H,14,15). The highest BCUT2D eigenvalue weighted by molar-refractivity contribution is 5.66. The fraction of sp³-hybridized carbons (Fsp3) is 0.917. The second kappa shape index (κ2) is 6.86. The summed E-state index contributed by atoms with van der Waals surface area (Å²) in [5, 5.41) is 11.9. The maximum Gasteiger partial charge on any atom is 0.303 e. The summed E-state index contributed by atoms with van der Waals surface area (Å²) < 4.78 is 5.68. The summed E-state index contributed by atoms with van der Waals surface area (Å²) >= 11 is 0. The van der Waals surface area contributed by atoms with Crippen molar-refractivity contribution >= 4 is 5.97 Å². The quantitative estimate of drug-likeness (QED) is 0.680. The van der Waals surface area contributed by atoms with Crippen molar-refractivity contribution in [2.75, 3.05) is 13.2 Å². The molecule has 1 saturated heterocycles. The fourth-order valence-electron chi connectivity index (χ4n) is 2.02. The minimum Gasteiger partial charge on any atom is -0.481 e. The van der Waals surface area contributed by atoms with E-state index in [2.05, 4.69) is 19.2 Å². The lowest BCUT2D eigenvalue weighted by molar-refractivity contribution is -0.137. The molecule has 0 radical (unpaired) electrons. The zero-order chi connectivity index (χ0) is 12.0. The topological polar surface area (TPSA) is 58.6 Å². The molecule has 1 aliphatic heterocycles. The Kier molecular flexibility index (Phi) is 5.77. The second-order valence-electron chi connectivity index (χ2n) is 4.83. The zero-order valence-corrected chi connectivity index (χ0v) is 10.2. The summed E-state index contributed by atoms with van der Waals surface area (Å²) in [6, 6.07) is 0.495. The third-order valence-electron chi connectivity index (χ3n) is 3.06. The van der Waals surface area contributed by atoms with Crippen molar-refractivity contribution in [3.63, 3.8) is 0 Å². The second-order valence-corrected chi connectivity index (χ2v) is 4.83. The first kappa shape index (κ1) is 13.5. The van der Waals surface area contributed by atoms with Gasteiger partial charge in [-0.3, -0.25) is 4.79 Å². The van der Waals surface area contributed by atoms with Crippen molar-refractivity contribution < 1.29 is 14.6 Å². The fourth-order valence-corrected chi connectivity index (χ4v) is 2.02. The van der Waals surface area contributed by atoms with E-state index in [4.69, 9.17) is 9.84 Å². The average Bonchev–Trinajstić information content (AvgIpc) is 2.24. The van der Waals surface area contributed by atoms with E-state index in [-0.39, 0.29) is 6.42 Å². The number of carboxylic acid groups (broad SMARTS) is 1. The van der Waals surface area contributed by atoms with Crippen LogP contribution < -0.4 is 5.32 Å². The molecule has 0 amide bonds. The molecule has 0 aliphatic carbocycles. The minimum atomic E-state index is -0.714. The van der Waals surface area contributed by atoms with Crippen LogP contribution in [0, 0.1) is 5.92 Å². The Labute approximate surface area is 97.4 Å². The summed E-state index contributed by atoms with van der Waals surface area (Å²) in [7, 11) is 0. The van der Waals surface area contributed by atoms with Crippen molar-refractivity contribution in [3.05, 3.63) is 0 Å². The number of carboxylic acids is 1. The van der Waals surface area contributed by atoms with Crippen LogP contribution in [0.25, 0.3) is 0 Å². The van der Waals surface area contributed by atoms with Crippen molar-refractivity contribution in [1.29, 1.82) is 0 Å². The number of hydrogen-bond donors (Lipinski definition) is 2. The van der Waals surface area contributed by atoms with Crippen LogP contribution in [0.5, 0.6) is 0 Å². The van der Waals surface area contributed by atoms with E-state index in [1.807, 2.05) is 0 Å². The van der Waals surface area contributed by atoms with E-state index >= 15 is 0 Å². The van der Waals surface area contributed by atoms with Crippen molar-refractivity contribution in [2.24, 2.45) is 5.92 Å². The molecule has 16 heavy (non-hydrogen) atoms. The van der Waals surface area contributed by atoms with Gasteiger partial charge in [0.25, 0.3) is 0 Å². The Morgan fingerprint density at radius 3 is 2.94 bits per heavy atom. The molecule has 94 valence electrons. The Morgan fingerprint density at radius 1 is 1.56 bits per heavy atom. The molecule has 0 saturated carbocycles. The molecule has 1 aliphatic rings. The van der Waals surface area contributed by atoms with Gasteiger partial charge in [0, 0.05) is 19.1 Å². The molecule has 4 heteroatoms. The molecule has 0 spiro atoms. The predicted octanol–water partition coefficient (Wildman–Crippen LogP) is 1.64. The van der Waals surface area contributed by atoms with Crippen LogP contribution in [0.15, 0.2) is 0 Å². The lowest BCUT2D eigenvalue weighted by Crippen LogP contribution is -2.41. The van der Waals surface area contributed by atoms with Crippen LogP contribution in [0.2, 0.25) is 0 Å². The minimum absolute atomic E-state index is 0.254. The van der Waals surface area contributed by atoms with E-state index < -0.39 is 5.97 Å². The van der Waals surface area contributed by atoms with Crippen LogP contribution in [-0.4, -0.2) is 36.4 Å². The maximum atomic E-state index is 10.3. The molecule has 2 unspecified atom stereocenters. The van der Waals surface area contributed by atoms with Crippen molar-refractivity contribution in [3.8, 4) is 0 Å². The first-order valence-corrected chi connectivity index (χ1v) is 6.16. The molecule has 4 nitrogen and oxygen atoms in total. The van der Waals surface area contributed by atoms with E-state index in [0.717, 1.165) is 26.0 Å². The summed E-state index contributed by atoms with van der Waals surface area (Å²) in [5.74, 6) is -0.155. The van der Waals surface area contributed by atoms with Gasteiger partial charge in [-0.25, -0.2) is 0 Å². The molecule has 1 rings (SSSR count). The van der Waals surface area contributed by atoms with Gasteiger partial charge >= 0.3 is 5.97 Å². The zero-order valence-electron chi connectivity index (χ0n) is 10.2. The summed E-state index contributed by atoms with van der Waals surface area (Å²) in [4.78, 5) is 10.3. The smallest absolute Gasteiger partial charge is 0.303 e. The average molecular weight is 229 g/mol. The van der Waals surface area contributed by atoms with Crippen LogP contribution in [0.1, 0.15) is 39.5 Å². The predicted molar refractivity (Wildman–Crippen MR) is 62.5 cm³/mol. The molecule has 0 aromatic carbocycles. The summed E-state index contributed by atoms with van der Waals surface area (Å²) in [6.45, 7) is 5.97. The highest BCUT2D eigenvalue weighted by Gasteiger charge is 2.24. The van der Waals surface area contributed by atoms with Crippen LogP contribution in [0.3, 0.4) is 0 Å². The van der Waals surface area contributed by atoms with E-state index in [1.165, 1.54) is 0 Å². The van der Waals surface area contributed by atoms with Gasteiger partial charge < -0.3 is 15.2 Å². The lowest BCUT2D eigenvalue weighted by Gasteiger charge is -2.32. The van der Waals surface area contributed by atoms with Crippen LogP contribution in [0.4, 0.5) is 0 Å². The molecule has 2 atom stereocenters. The van der Waals surface area contributed by atoms with Gasteiger partial charge in [0.05, 0.1) is 6.10 Å². The summed E-state index contributed by atoms with van der Waals surface area (Å²) in [5.41, 5.74) is 0. The third kappa shape index (κ3) is 4.94.